The molecule has 3 rings (SSSR count). The molecule has 8 nitrogen and oxygen atoms in total. The van der Waals surface area contributed by atoms with Crippen molar-refractivity contribution in [3.63, 3.8) is 0 Å². The number of fused-ring (bicyclic) bond motifs is 1. The zero-order chi connectivity index (χ0) is 16.6. The number of nitrogens with one attached hydrogen (secondary N) is 1. The Labute approximate surface area is 129 Å². The average Bonchev–Trinajstić information content (AvgIpc) is 2.54. The standard InChI is InChI=1S/C15H11N3O5/c1-23-13-11(18(21)22)6-8(7-12(13)19)14-16-10-5-3-2-4-9(10)15(20)17-14/h2-7,19H,1H3,(H,16,17,20). The summed E-state index contributed by atoms with van der Waals surface area (Å²) in [5.41, 5.74) is -0.135. The van der Waals surface area contributed by atoms with E-state index in [1.54, 1.807) is 24.3 Å². The van der Waals surface area contributed by atoms with Gasteiger partial charge in [-0.25, -0.2) is 4.98 Å². The summed E-state index contributed by atoms with van der Waals surface area (Å²) in [6, 6.07) is 9.16. The number of rotatable bonds is 3. The molecule has 1 aromatic heterocycles. The highest BCUT2D eigenvalue weighted by Gasteiger charge is 2.22. The SMILES string of the molecule is COc1c(O)cc(-c2nc3ccccc3c(=O)[nH]2)cc1[N+](=O)[O-]. The lowest BCUT2D eigenvalue weighted by molar-refractivity contribution is -0.385. The minimum Gasteiger partial charge on any atom is -0.504 e. The molecular formula is C15H11N3O5. The molecule has 0 radical (unpaired) electrons. The zero-order valence-electron chi connectivity index (χ0n) is 11.9. The molecule has 0 atom stereocenters. The zero-order valence-corrected chi connectivity index (χ0v) is 11.9. The largest absolute Gasteiger partial charge is 0.504 e. The van der Waals surface area contributed by atoms with Crippen LogP contribution in [0.5, 0.6) is 11.5 Å². The number of para-hydroxylation sites is 1. The molecule has 0 saturated carbocycles. The predicted octanol–water partition coefficient (Wildman–Crippen LogP) is 2.21. The van der Waals surface area contributed by atoms with Crippen LogP contribution in [-0.2, 0) is 0 Å². The van der Waals surface area contributed by atoms with Crippen LogP contribution in [0.4, 0.5) is 5.69 Å². The van der Waals surface area contributed by atoms with Gasteiger partial charge in [0.15, 0.2) is 5.75 Å². The molecule has 0 spiro atoms. The molecule has 0 aliphatic rings. The maximum atomic E-state index is 12.1. The fourth-order valence-corrected chi connectivity index (χ4v) is 2.30. The molecule has 0 aliphatic carbocycles. The van der Waals surface area contributed by atoms with Crippen LogP contribution in [0.3, 0.4) is 0 Å². The predicted molar refractivity (Wildman–Crippen MR) is 82.7 cm³/mol. The molecule has 3 aromatic rings. The van der Waals surface area contributed by atoms with E-state index in [0.717, 1.165) is 0 Å². The van der Waals surface area contributed by atoms with E-state index in [1.165, 1.54) is 19.2 Å². The highest BCUT2D eigenvalue weighted by molar-refractivity contribution is 5.80. The van der Waals surface area contributed by atoms with Crippen LogP contribution >= 0.6 is 0 Å². The third-order valence-corrected chi connectivity index (χ3v) is 3.34. The Balaban J connectivity index is 2.27. The van der Waals surface area contributed by atoms with Gasteiger partial charge in [0, 0.05) is 11.6 Å². The van der Waals surface area contributed by atoms with Crippen molar-refractivity contribution in [2.45, 2.75) is 0 Å². The Morgan fingerprint density at radius 2 is 2.04 bits per heavy atom. The number of aromatic hydroxyl groups is 1. The minimum absolute atomic E-state index is 0.120. The van der Waals surface area contributed by atoms with Gasteiger partial charge in [0.2, 0.25) is 5.75 Å². The van der Waals surface area contributed by atoms with E-state index in [4.69, 9.17) is 4.74 Å². The van der Waals surface area contributed by atoms with E-state index >= 15 is 0 Å². The summed E-state index contributed by atoms with van der Waals surface area (Å²) in [4.78, 5) is 29.4. The monoisotopic (exact) mass is 313 g/mol. The number of hydrogen-bond acceptors (Lipinski definition) is 6. The summed E-state index contributed by atoms with van der Waals surface area (Å²) in [5, 5.41) is 21.4. The van der Waals surface area contributed by atoms with Gasteiger partial charge in [-0.2, -0.15) is 0 Å². The first kappa shape index (κ1) is 14.5. The van der Waals surface area contributed by atoms with Crippen molar-refractivity contribution in [2.75, 3.05) is 7.11 Å². The number of benzene rings is 2. The van der Waals surface area contributed by atoms with Gasteiger partial charge in [-0.05, 0) is 18.2 Å². The van der Waals surface area contributed by atoms with E-state index in [9.17, 15) is 20.0 Å². The Hall–Kier alpha value is -3.42. The Morgan fingerprint density at radius 3 is 2.74 bits per heavy atom. The summed E-state index contributed by atoms with van der Waals surface area (Å²) in [7, 11) is 1.22. The second kappa shape index (κ2) is 5.41. The number of H-pyrrole nitrogens is 1. The number of ether oxygens (including phenoxy) is 1. The summed E-state index contributed by atoms with van der Waals surface area (Å²) < 4.78 is 4.84. The van der Waals surface area contributed by atoms with Gasteiger partial charge < -0.3 is 14.8 Å². The van der Waals surface area contributed by atoms with E-state index in [-0.39, 0.29) is 22.7 Å². The number of aromatic amines is 1. The van der Waals surface area contributed by atoms with Crippen molar-refractivity contribution in [3.8, 4) is 22.9 Å². The first-order valence-corrected chi connectivity index (χ1v) is 6.56. The maximum Gasteiger partial charge on any atom is 0.315 e. The number of hydrogen-bond donors (Lipinski definition) is 2. The number of nitrogens with zero attached hydrogens (tertiary/aromatic N) is 2. The van der Waals surface area contributed by atoms with Crippen LogP contribution in [0.15, 0.2) is 41.2 Å². The first-order valence-electron chi connectivity index (χ1n) is 6.56. The van der Waals surface area contributed by atoms with Crippen molar-refractivity contribution in [1.29, 1.82) is 0 Å². The summed E-state index contributed by atoms with van der Waals surface area (Å²) >= 11 is 0. The summed E-state index contributed by atoms with van der Waals surface area (Å²) in [5.74, 6) is -0.538. The quantitative estimate of drug-likeness (QED) is 0.565. The Bertz CT molecular complexity index is 980. The number of phenols is 1. The van der Waals surface area contributed by atoms with Crippen LogP contribution < -0.4 is 10.3 Å². The molecule has 1 heterocycles. The molecule has 0 saturated heterocycles. The van der Waals surface area contributed by atoms with Gasteiger partial charge in [-0.3, -0.25) is 14.9 Å². The van der Waals surface area contributed by atoms with Crippen molar-refractivity contribution in [1.82, 2.24) is 9.97 Å². The molecule has 0 unspecified atom stereocenters. The third kappa shape index (κ3) is 2.46. The molecule has 8 heteroatoms. The van der Waals surface area contributed by atoms with Gasteiger partial charge in [-0.15, -0.1) is 0 Å². The lowest BCUT2D eigenvalue weighted by Gasteiger charge is -2.08. The van der Waals surface area contributed by atoms with Crippen LogP contribution in [0, 0.1) is 10.1 Å². The van der Waals surface area contributed by atoms with Crippen LogP contribution in [0.1, 0.15) is 0 Å². The highest BCUT2D eigenvalue weighted by atomic mass is 16.6. The molecule has 0 bridgehead atoms. The van der Waals surface area contributed by atoms with Gasteiger partial charge in [0.25, 0.3) is 5.56 Å². The van der Waals surface area contributed by atoms with Crippen LogP contribution in [-0.4, -0.2) is 27.1 Å². The molecule has 0 aliphatic heterocycles. The van der Waals surface area contributed by atoms with E-state index in [1.807, 2.05) is 0 Å². The van der Waals surface area contributed by atoms with E-state index < -0.39 is 16.4 Å². The van der Waals surface area contributed by atoms with Crippen molar-refractivity contribution in [3.05, 3.63) is 56.9 Å². The summed E-state index contributed by atoms with van der Waals surface area (Å²) in [6.45, 7) is 0. The number of methoxy groups -OCH3 is 1. The molecule has 2 N–H and O–H groups in total. The normalized spacial score (nSPS) is 10.7. The number of nitro groups is 1. The topological polar surface area (TPSA) is 118 Å². The molecule has 2 aromatic carbocycles. The Morgan fingerprint density at radius 1 is 1.30 bits per heavy atom. The van der Waals surface area contributed by atoms with Gasteiger partial charge in [0.05, 0.1) is 22.9 Å². The fraction of sp³-hybridized carbons (Fsp3) is 0.0667. The molecule has 116 valence electrons. The summed E-state index contributed by atoms with van der Waals surface area (Å²) in [6.07, 6.45) is 0. The average molecular weight is 313 g/mol. The maximum absolute atomic E-state index is 12.1. The number of nitro benzene ring substituents is 1. The van der Waals surface area contributed by atoms with Gasteiger partial charge in [0.1, 0.15) is 5.82 Å². The van der Waals surface area contributed by atoms with Crippen molar-refractivity contribution >= 4 is 16.6 Å². The number of phenolic OH excluding ortho intramolecular Hbond substituents is 1. The van der Waals surface area contributed by atoms with Crippen molar-refractivity contribution < 1.29 is 14.8 Å². The molecule has 0 fully saturated rings. The van der Waals surface area contributed by atoms with E-state index in [0.29, 0.717) is 10.9 Å². The van der Waals surface area contributed by atoms with Crippen molar-refractivity contribution in [2.24, 2.45) is 0 Å². The smallest absolute Gasteiger partial charge is 0.315 e. The fourth-order valence-electron chi connectivity index (χ4n) is 2.30. The molecule has 0 amide bonds. The van der Waals surface area contributed by atoms with Crippen LogP contribution in [0.2, 0.25) is 0 Å². The first-order chi connectivity index (χ1) is 11.0. The lowest BCUT2D eigenvalue weighted by atomic mass is 10.1. The minimum atomic E-state index is -0.679. The van der Waals surface area contributed by atoms with Gasteiger partial charge >= 0.3 is 5.69 Å². The second-order valence-electron chi connectivity index (χ2n) is 4.74. The third-order valence-electron chi connectivity index (χ3n) is 3.34. The highest BCUT2D eigenvalue weighted by Crippen LogP contribution is 2.39. The Kier molecular flexibility index (Phi) is 3.41. The number of aromatic nitrogens is 2. The molecular weight excluding hydrogens is 302 g/mol. The lowest BCUT2D eigenvalue weighted by Crippen LogP contribution is -2.09. The van der Waals surface area contributed by atoms with E-state index in [2.05, 4.69) is 9.97 Å². The molecule has 23 heavy (non-hydrogen) atoms. The van der Waals surface area contributed by atoms with Gasteiger partial charge in [-0.1, -0.05) is 12.1 Å². The second-order valence-corrected chi connectivity index (χ2v) is 4.74. The van der Waals surface area contributed by atoms with Crippen LogP contribution in [0.25, 0.3) is 22.3 Å².